The van der Waals surface area contributed by atoms with Gasteiger partial charge in [0.2, 0.25) is 0 Å². The predicted molar refractivity (Wildman–Crippen MR) is 78.2 cm³/mol. The minimum atomic E-state index is 0.0366. The summed E-state index contributed by atoms with van der Waals surface area (Å²) in [5, 5.41) is 7.22. The summed E-state index contributed by atoms with van der Waals surface area (Å²) in [6, 6.07) is 7.80. The number of benzene rings is 1. The van der Waals surface area contributed by atoms with Crippen LogP contribution in [0.4, 0.5) is 5.69 Å². The zero-order valence-electron chi connectivity index (χ0n) is 10.9. The number of aromatic amines is 1. The Hall–Kier alpha value is -2.01. The lowest BCUT2D eigenvalue weighted by Crippen LogP contribution is -2.48. The predicted octanol–water partition coefficient (Wildman–Crippen LogP) is 2.03. The third-order valence-corrected chi connectivity index (χ3v) is 3.76. The third-order valence-electron chi connectivity index (χ3n) is 3.50. The molecular formula is C14H15ClN4O. The van der Waals surface area contributed by atoms with E-state index < -0.39 is 0 Å². The number of rotatable bonds is 2. The van der Waals surface area contributed by atoms with Crippen molar-refractivity contribution in [1.29, 1.82) is 0 Å². The Morgan fingerprint density at radius 2 is 1.85 bits per heavy atom. The molecule has 0 saturated carbocycles. The quantitative estimate of drug-likeness (QED) is 0.921. The number of carbonyl (C=O) groups is 1. The standard InChI is InChI=1S/C14H15ClN4O/c15-12-1-3-13(4-2-12)18-5-7-19(8-6-18)14(20)11-9-16-17-10-11/h1-4,9-10H,5-8H2,(H,16,17). The van der Waals surface area contributed by atoms with Gasteiger partial charge in [0, 0.05) is 43.1 Å². The molecule has 1 aliphatic heterocycles. The van der Waals surface area contributed by atoms with E-state index in [-0.39, 0.29) is 5.91 Å². The van der Waals surface area contributed by atoms with Crippen LogP contribution in [0.5, 0.6) is 0 Å². The van der Waals surface area contributed by atoms with Crippen molar-refractivity contribution in [3.05, 3.63) is 47.2 Å². The molecule has 2 heterocycles. The van der Waals surface area contributed by atoms with Crippen LogP contribution < -0.4 is 4.90 Å². The molecule has 1 amide bonds. The first-order valence-electron chi connectivity index (χ1n) is 6.52. The summed E-state index contributed by atoms with van der Waals surface area (Å²) in [7, 11) is 0. The highest BCUT2D eigenvalue weighted by atomic mass is 35.5. The Morgan fingerprint density at radius 1 is 1.15 bits per heavy atom. The third kappa shape index (κ3) is 2.63. The fraction of sp³-hybridized carbons (Fsp3) is 0.286. The Kier molecular flexibility index (Phi) is 3.60. The van der Waals surface area contributed by atoms with E-state index >= 15 is 0 Å². The average molecular weight is 291 g/mol. The van der Waals surface area contributed by atoms with Gasteiger partial charge in [-0.1, -0.05) is 11.6 Å². The van der Waals surface area contributed by atoms with E-state index in [4.69, 9.17) is 11.6 Å². The van der Waals surface area contributed by atoms with E-state index in [1.165, 1.54) is 0 Å². The molecule has 0 aliphatic carbocycles. The molecule has 1 aromatic heterocycles. The van der Waals surface area contributed by atoms with Crippen LogP contribution in [0.25, 0.3) is 0 Å². The molecule has 0 radical (unpaired) electrons. The molecule has 104 valence electrons. The Morgan fingerprint density at radius 3 is 2.45 bits per heavy atom. The number of aromatic nitrogens is 2. The van der Waals surface area contributed by atoms with Gasteiger partial charge in [0.15, 0.2) is 0 Å². The molecule has 0 atom stereocenters. The number of H-pyrrole nitrogens is 1. The molecule has 1 aromatic carbocycles. The molecule has 1 fully saturated rings. The highest BCUT2D eigenvalue weighted by Crippen LogP contribution is 2.19. The lowest BCUT2D eigenvalue weighted by atomic mass is 10.2. The molecule has 1 aliphatic rings. The molecule has 20 heavy (non-hydrogen) atoms. The number of hydrogen-bond donors (Lipinski definition) is 1. The van der Waals surface area contributed by atoms with Gasteiger partial charge in [-0.3, -0.25) is 9.89 Å². The van der Waals surface area contributed by atoms with Gasteiger partial charge in [0.1, 0.15) is 0 Å². The number of nitrogens with one attached hydrogen (secondary N) is 1. The van der Waals surface area contributed by atoms with E-state index in [1.54, 1.807) is 12.4 Å². The molecule has 1 saturated heterocycles. The van der Waals surface area contributed by atoms with E-state index in [0.717, 1.165) is 23.8 Å². The summed E-state index contributed by atoms with van der Waals surface area (Å²) < 4.78 is 0. The van der Waals surface area contributed by atoms with Crippen molar-refractivity contribution in [2.24, 2.45) is 0 Å². The fourth-order valence-electron chi connectivity index (χ4n) is 2.37. The first kappa shape index (κ1) is 13.0. The lowest BCUT2D eigenvalue weighted by molar-refractivity contribution is 0.0747. The zero-order chi connectivity index (χ0) is 13.9. The van der Waals surface area contributed by atoms with Crippen molar-refractivity contribution in [1.82, 2.24) is 15.1 Å². The summed E-state index contributed by atoms with van der Waals surface area (Å²) in [4.78, 5) is 16.3. The van der Waals surface area contributed by atoms with Gasteiger partial charge in [-0.05, 0) is 24.3 Å². The summed E-state index contributed by atoms with van der Waals surface area (Å²) in [6.07, 6.45) is 3.20. The molecule has 0 unspecified atom stereocenters. The normalized spacial score (nSPS) is 15.4. The van der Waals surface area contributed by atoms with Crippen molar-refractivity contribution in [3.63, 3.8) is 0 Å². The maximum atomic E-state index is 12.2. The summed E-state index contributed by atoms with van der Waals surface area (Å²) in [5.41, 5.74) is 1.76. The van der Waals surface area contributed by atoms with Crippen LogP contribution in [0.15, 0.2) is 36.7 Å². The Bertz CT molecular complexity index is 574. The average Bonchev–Trinajstić information content (AvgIpc) is 3.02. The van der Waals surface area contributed by atoms with Gasteiger partial charge in [-0.25, -0.2) is 0 Å². The Labute approximate surface area is 122 Å². The molecular weight excluding hydrogens is 276 g/mol. The first-order chi connectivity index (χ1) is 9.74. The summed E-state index contributed by atoms with van der Waals surface area (Å²) in [5.74, 6) is 0.0366. The summed E-state index contributed by atoms with van der Waals surface area (Å²) >= 11 is 5.89. The highest BCUT2D eigenvalue weighted by Gasteiger charge is 2.22. The lowest BCUT2D eigenvalue weighted by Gasteiger charge is -2.36. The van der Waals surface area contributed by atoms with Crippen LogP contribution in [0.2, 0.25) is 5.02 Å². The molecule has 0 bridgehead atoms. The largest absolute Gasteiger partial charge is 0.368 e. The topological polar surface area (TPSA) is 52.2 Å². The van der Waals surface area contributed by atoms with E-state index in [1.807, 2.05) is 29.2 Å². The smallest absolute Gasteiger partial charge is 0.257 e. The number of amides is 1. The van der Waals surface area contributed by atoms with Crippen LogP contribution in [0, 0.1) is 0 Å². The first-order valence-corrected chi connectivity index (χ1v) is 6.90. The molecule has 3 rings (SSSR count). The minimum absolute atomic E-state index is 0.0366. The van der Waals surface area contributed by atoms with Gasteiger partial charge in [-0.15, -0.1) is 0 Å². The monoisotopic (exact) mass is 290 g/mol. The van der Waals surface area contributed by atoms with Gasteiger partial charge in [-0.2, -0.15) is 5.10 Å². The van der Waals surface area contributed by atoms with Crippen LogP contribution in [-0.2, 0) is 0 Å². The molecule has 6 heteroatoms. The molecule has 2 aromatic rings. The molecule has 0 spiro atoms. The van der Waals surface area contributed by atoms with Crippen LogP contribution in [0.3, 0.4) is 0 Å². The second-order valence-corrected chi connectivity index (χ2v) is 5.18. The number of anilines is 1. The van der Waals surface area contributed by atoms with E-state index in [0.29, 0.717) is 18.7 Å². The number of carbonyl (C=O) groups excluding carboxylic acids is 1. The van der Waals surface area contributed by atoms with Gasteiger partial charge in [0.25, 0.3) is 5.91 Å². The number of halogens is 1. The van der Waals surface area contributed by atoms with Crippen LogP contribution in [-0.4, -0.2) is 47.2 Å². The zero-order valence-corrected chi connectivity index (χ0v) is 11.7. The SMILES string of the molecule is O=C(c1cn[nH]c1)N1CCN(c2ccc(Cl)cc2)CC1. The molecule has 1 N–H and O–H groups in total. The van der Waals surface area contributed by atoms with Crippen LogP contribution >= 0.6 is 11.6 Å². The maximum absolute atomic E-state index is 12.2. The number of nitrogens with zero attached hydrogens (tertiary/aromatic N) is 3. The maximum Gasteiger partial charge on any atom is 0.257 e. The van der Waals surface area contributed by atoms with Crippen molar-refractivity contribution >= 4 is 23.2 Å². The van der Waals surface area contributed by atoms with Crippen molar-refractivity contribution in [3.8, 4) is 0 Å². The van der Waals surface area contributed by atoms with Gasteiger partial charge in [0.05, 0.1) is 11.8 Å². The van der Waals surface area contributed by atoms with E-state index in [2.05, 4.69) is 15.1 Å². The second-order valence-electron chi connectivity index (χ2n) is 4.74. The summed E-state index contributed by atoms with van der Waals surface area (Å²) in [6.45, 7) is 3.08. The number of piperazine rings is 1. The highest BCUT2D eigenvalue weighted by molar-refractivity contribution is 6.30. The van der Waals surface area contributed by atoms with E-state index in [9.17, 15) is 4.79 Å². The van der Waals surface area contributed by atoms with Gasteiger partial charge >= 0.3 is 0 Å². The molecule has 5 nitrogen and oxygen atoms in total. The fourth-order valence-corrected chi connectivity index (χ4v) is 2.50. The van der Waals surface area contributed by atoms with Crippen molar-refractivity contribution < 1.29 is 4.79 Å². The second kappa shape index (κ2) is 5.54. The van der Waals surface area contributed by atoms with Gasteiger partial charge < -0.3 is 9.80 Å². The number of hydrogen-bond acceptors (Lipinski definition) is 3. The Balaban J connectivity index is 1.62. The van der Waals surface area contributed by atoms with Crippen molar-refractivity contribution in [2.45, 2.75) is 0 Å². The minimum Gasteiger partial charge on any atom is -0.368 e. The van der Waals surface area contributed by atoms with Crippen LogP contribution in [0.1, 0.15) is 10.4 Å². The van der Waals surface area contributed by atoms with Crippen molar-refractivity contribution in [2.75, 3.05) is 31.1 Å².